The van der Waals surface area contributed by atoms with Gasteiger partial charge in [0, 0.05) is 33.7 Å². The Balaban J connectivity index is 2.01. The minimum Gasteiger partial charge on any atom is -0.481 e. The lowest BCUT2D eigenvalue weighted by molar-refractivity contribution is -0.147. The summed E-state index contributed by atoms with van der Waals surface area (Å²) in [5.74, 6) is -0.913. The van der Waals surface area contributed by atoms with Crippen molar-refractivity contribution in [1.29, 1.82) is 0 Å². The van der Waals surface area contributed by atoms with Gasteiger partial charge in [-0.3, -0.25) is 4.79 Å². The number of carbonyl (C=O) groups is 2. The van der Waals surface area contributed by atoms with Crippen molar-refractivity contribution in [2.24, 2.45) is 5.41 Å². The van der Waals surface area contributed by atoms with Crippen molar-refractivity contribution in [3.8, 4) is 0 Å². The molecule has 0 aromatic heterocycles. The van der Waals surface area contributed by atoms with Crippen LogP contribution in [0.5, 0.6) is 0 Å². The number of carboxylic acid groups (broad SMARTS) is 1. The topological polar surface area (TPSA) is 107 Å². The summed E-state index contributed by atoms with van der Waals surface area (Å²) >= 11 is 0. The van der Waals surface area contributed by atoms with Crippen molar-refractivity contribution in [2.75, 3.05) is 27.2 Å². The lowest BCUT2D eigenvalue weighted by Crippen LogP contribution is -2.40. The third-order valence-electron chi connectivity index (χ3n) is 4.40. The molecule has 0 saturated carbocycles. The summed E-state index contributed by atoms with van der Waals surface area (Å²) in [7, 11) is -0.624. The maximum Gasteiger partial charge on any atom is 0.317 e. The number of sulfonamides is 1. The van der Waals surface area contributed by atoms with Crippen LogP contribution in [0.4, 0.5) is 4.79 Å². The van der Waals surface area contributed by atoms with E-state index in [4.69, 9.17) is 0 Å². The molecule has 1 fully saturated rings. The molecule has 8 nitrogen and oxygen atoms in total. The maximum atomic E-state index is 12.2. The summed E-state index contributed by atoms with van der Waals surface area (Å²) in [6.45, 7) is 2.32. The number of urea groups is 1. The zero-order chi connectivity index (χ0) is 18.8. The van der Waals surface area contributed by atoms with Crippen LogP contribution >= 0.6 is 0 Å². The summed E-state index contributed by atoms with van der Waals surface area (Å²) in [6.07, 6.45) is 0.409. The smallest absolute Gasteiger partial charge is 0.317 e. The molecular weight excluding hydrogens is 346 g/mol. The van der Waals surface area contributed by atoms with Crippen molar-refractivity contribution in [3.63, 3.8) is 0 Å². The highest BCUT2D eigenvalue weighted by molar-refractivity contribution is 7.89. The Labute approximate surface area is 147 Å². The molecule has 1 unspecified atom stereocenters. The Morgan fingerprint density at radius 1 is 1.36 bits per heavy atom. The molecule has 1 aliphatic heterocycles. The monoisotopic (exact) mass is 369 g/mol. The minimum atomic E-state index is -3.53. The lowest BCUT2D eigenvalue weighted by atomic mass is 9.90. The second-order valence-corrected chi connectivity index (χ2v) is 8.78. The molecule has 0 spiro atoms. The molecule has 0 bridgehead atoms. The van der Waals surface area contributed by atoms with Gasteiger partial charge in [0.2, 0.25) is 10.0 Å². The van der Waals surface area contributed by atoms with E-state index in [2.05, 4.69) is 5.32 Å². The normalized spacial score (nSPS) is 20.7. The minimum absolute atomic E-state index is 0.156. The van der Waals surface area contributed by atoms with Gasteiger partial charge in [0.25, 0.3) is 0 Å². The van der Waals surface area contributed by atoms with Gasteiger partial charge in [-0.1, -0.05) is 12.1 Å². The van der Waals surface area contributed by atoms with Gasteiger partial charge in [-0.25, -0.2) is 17.5 Å². The van der Waals surface area contributed by atoms with E-state index in [1.807, 2.05) is 0 Å². The highest BCUT2D eigenvalue weighted by Crippen LogP contribution is 2.30. The summed E-state index contributed by atoms with van der Waals surface area (Å²) in [5.41, 5.74) is -0.270. The Bertz CT molecular complexity index is 778. The number of carboxylic acids is 1. The van der Waals surface area contributed by atoms with Gasteiger partial charge in [0.1, 0.15) is 0 Å². The van der Waals surface area contributed by atoms with E-state index in [9.17, 15) is 23.1 Å². The Morgan fingerprint density at radius 2 is 2.04 bits per heavy atom. The first-order valence-electron chi connectivity index (χ1n) is 7.84. The lowest BCUT2D eigenvalue weighted by Gasteiger charge is -2.20. The number of benzene rings is 1. The summed E-state index contributed by atoms with van der Waals surface area (Å²) < 4.78 is 25.4. The average molecular weight is 369 g/mol. The van der Waals surface area contributed by atoms with Crippen molar-refractivity contribution in [3.05, 3.63) is 29.8 Å². The van der Waals surface area contributed by atoms with Crippen LogP contribution in [0.15, 0.2) is 29.2 Å². The van der Waals surface area contributed by atoms with E-state index in [0.717, 1.165) is 4.31 Å². The summed E-state index contributed by atoms with van der Waals surface area (Å²) in [5, 5.41) is 11.9. The van der Waals surface area contributed by atoms with Gasteiger partial charge >= 0.3 is 12.0 Å². The van der Waals surface area contributed by atoms with E-state index in [0.29, 0.717) is 18.5 Å². The molecule has 1 aromatic rings. The number of hydrogen-bond acceptors (Lipinski definition) is 4. The second kappa shape index (κ2) is 7.01. The molecule has 0 aliphatic carbocycles. The SMILES string of the molecule is CN(C)S(=O)(=O)c1cccc(CNC(=O)N2CCC(C)(C(=O)O)C2)c1. The number of nitrogens with one attached hydrogen (secondary N) is 1. The number of amides is 2. The van der Waals surface area contributed by atoms with Gasteiger partial charge in [-0.15, -0.1) is 0 Å². The molecular formula is C16H23N3O5S. The van der Waals surface area contributed by atoms with E-state index in [1.54, 1.807) is 19.1 Å². The molecule has 2 N–H and O–H groups in total. The van der Waals surface area contributed by atoms with Gasteiger partial charge in [0.05, 0.1) is 10.3 Å². The van der Waals surface area contributed by atoms with Crippen molar-refractivity contribution in [1.82, 2.24) is 14.5 Å². The fourth-order valence-corrected chi connectivity index (χ4v) is 3.60. The van der Waals surface area contributed by atoms with E-state index in [1.165, 1.54) is 31.1 Å². The fraction of sp³-hybridized carbons (Fsp3) is 0.500. The highest BCUT2D eigenvalue weighted by atomic mass is 32.2. The molecule has 1 heterocycles. The van der Waals surface area contributed by atoms with Gasteiger partial charge in [0.15, 0.2) is 0 Å². The molecule has 0 radical (unpaired) electrons. The molecule has 1 aromatic carbocycles. The first-order chi connectivity index (χ1) is 11.6. The third kappa shape index (κ3) is 4.10. The molecule has 138 valence electrons. The first kappa shape index (κ1) is 19.2. The Hall–Kier alpha value is -2.13. The quantitative estimate of drug-likeness (QED) is 0.803. The number of carbonyl (C=O) groups excluding carboxylic acids is 1. The largest absolute Gasteiger partial charge is 0.481 e. The number of hydrogen-bond donors (Lipinski definition) is 2. The average Bonchev–Trinajstić information content (AvgIpc) is 2.97. The number of aliphatic carboxylic acids is 1. The summed E-state index contributed by atoms with van der Waals surface area (Å²) in [4.78, 5) is 25.1. The van der Waals surface area contributed by atoms with Crippen LogP contribution in [-0.2, 0) is 21.4 Å². The maximum absolute atomic E-state index is 12.2. The Morgan fingerprint density at radius 3 is 2.60 bits per heavy atom. The van der Waals surface area contributed by atoms with Gasteiger partial charge < -0.3 is 15.3 Å². The van der Waals surface area contributed by atoms with Crippen LogP contribution in [0.3, 0.4) is 0 Å². The zero-order valence-corrected chi connectivity index (χ0v) is 15.3. The number of likely N-dealkylation sites (tertiary alicyclic amines) is 1. The van der Waals surface area contributed by atoms with Crippen LogP contribution in [0.1, 0.15) is 18.9 Å². The van der Waals surface area contributed by atoms with E-state index < -0.39 is 21.4 Å². The standard InChI is InChI=1S/C16H23N3O5S/c1-16(14(20)21)7-8-19(11-16)15(22)17-10-12-5-4-6-13(9-12)25(23,24)18(2)3/h4-6,9H,7-8,10-11H2,1-3H3,(H,17,22)(H,20,21). The Kier molecular flexibility index (Phi) is 5.38. The van der Waals surface area contributed by atoms with Crippen molar-refractivity contribution < 1.29 is 23.1 Å². The van der Waals surface area contributed by atoms with Gasteiger partial charge in [-0.05, 0) is 31.0 Å². The van der Waals surface area contributed by atoms with E-state index in [-0.39, 0.29) is 24.0 Å². The van der Waals surface area contributed by atoms with Crippen LogP contribution in [-0.4, -0.2) is 61.9 Å². The number of rotatable bonds is 5. The van der Waals surface area contributed by atoms with Gasteiger partial charge in [-0.2, -0.15) is 0 Å². The summed E-state index contributed by atoms with van der Waals surface area (Å²) in [6, 6.07) is 6.00. The molecule has 1 atom stereocenters. The first-order valence-corrected chi connectivity index (χ1v) is 9.28. The van der Waals surface area contributed by atoms with E-state index >= 15 is 0 Å². The van der Waals surface area contributed by atoms with Crippen LogP contribution in [0.2, 0.25) is 0 Å². The molecule has 2 amide bonds. The van der Waals surface area contributed by atoms with Crippen LogP contribution < -0.4 is 5.32 Å². The highest BCUT2D eigenvalue weighted by Gasteiger charge is 2.42. The molecule has 1 aliphatic rings. The van der Waals surface area contributed by atoms with Crippen molar-refractivity contribution >= 4 is 22.0 Å². The third-order valence-corrected chi connectivity index (χ3v) is 6.21. The van der Waals surface area contributed by atoms with Crippen LogP contribution in [0.25, 0.3) is 0 Å². The molecule has 1 saturated heterocycles. The van der Waals surface area contributed by atoms with Crippen molar-refractivity contribution in [2.45, 2.75) is 24.8 Å². The molecule has 9 heteroatoms. The molecule has 25 heavy (non-hydrogen) atoms. The predicted molar refractivity (Wildman–Crippen MR) is 91.5 cm³/mol. The zero-order valence-electron chi connectivity index (χ0n) is 14.5. The predicted octanol–water partition coefficient (Wildman–Crippen LogP) is 0.943. The fourth-order valence-electron chi connectivity index (χ4n) is 2.63. The number of nitrogens with zero attached hydrogens (tertiary/aromatic N) is 2. The molecule has 2 rings (SSSR count). The second-order valence-electron chi connectivity index (χ2n) is 6.63. The van der Waals surface area contributed by atoms with Crippen LogP contribution in [0, 0.1) is 5.41 Å².